The predicted molar refractivity (Wildman–Crippen MR) is 58.0 cm³/mol. The number of carbonyl (C=O) groups is 1. The summed E-state index contributed by atoms with van der Waals surface area (Å²) in [6.07, 6.45) is 1.28. The fraction of sp³-hybridized carbons (Fsp3) is 0.182. The molecule has 0 unspecified atom stereocenters. The molecule has 17 heavy (non-hydrogen) atoms. The van der Waals surface area contributed by atoms with Gasteiger partial charge in [0.2, 0.25) is 0 Å². The fourth-order valence-electron chi connectivity index (χ4n) is 1.44. The summed E-state index contributed by atoms with van der Waals surface area (Å²) in [5.41, 5.74) is 0.479. The van der Waals surface area contributed by atoms with E-state index in [0.29, 0.717) is 11.5 Å². The van der Waals surface area contributed by atoms with Gasteiger partial charge in [0.25, 0.3) is 5.56 Å². The van der Waals surface area contributed by atoms with Gasteiger partial charge in [-0.2, -0.15) is 0 Å². The molecule has 0 fully saturated rings. The van der Waals surface area contributed by atoms with Gasteiger partial charge in [0.1, 0.15) is 0 Å². The quantitative estimate of drug-likeness (QED) is 0.852. The number of aromatic nitrogens is 2. The van der Waals surface area contributed by atoms with E-state index in [1.165, 1.54) is 22.9 Å². The highest BCUT2D eigenvalue weighted by atomic mass is 16.5. The fourth-order valence-corrected chi connectivity index (χ4v) is 1.44. The maximum absolute atomic E-state index is 11.5. The summed E-state index contributed by atoms with van der Waals surface area (Å²) in [6.45, 7) is 1.93. The standard InChI is InChI=1S/C11H10N2O4/c1-7-4-9(17-12-7)6-13-5-8(11(15)16)2-3-10(13)14/h2-5H,6H2,1H3,(H,15,16). The Bertz CT molecular complexity index is 612. The molecule has 0 aliphatic heterocycles. The molecule has 2 heterocycles. The number of hydrogen-bond donors (Lipinski definition) is 1. The van der Waals surface area contributed by atoms with Crippen LogP contribution in [0.2, 0.25) is 0 Å². The molecule has 0 aliphatic carbocycles. The summed E-state index contributed by atoms with van der Waals surface area (Å²) in [5.74, 6) is -0.570. The molecule has 2 aromatic rings. The Labute approximate surface area is 96.1 Å². The lowest BCUT2D eigenvalue weighted by molar-refractivity contribution is 0.0695. The van der Waals surface area contributed by atoms with E-state index in [9.17, 15) is 9.59 Å². The number of aromatic carboxylic acids is 1. The van der Waals surface area contributed by atoms with Gasteiger partial charge >= 0.3 is 5.97 Å². The van der Waals surface area contributed by atoms with Gasteiger partial charge in [-0.15, -0.1) is 0 Å². The molecule has 2 aromatic heterocycles. The number of carboxylic acids is 1. The third-order valence-electron chi connectivity index (χ3n) is 2.23. The van der Waals surface area contributed by atoms with Crippen LogP contribution in [0.1, 0.15) is 21.8 Å². The molecule has 0 aromatic carbocycles. The van der Waals surface area contributed by atoms with Crippen LogP contribution in [0.15, 0.2) is 33.7 Å². The number of hydrogen-bond acceptors (Lipinski definition) is 4. The minimum absolute atomic E-state index is 0.0563. The lowest BCUT2D eigenvalue weighted by atomic mass is 10.3. The number of aryl methyl sites for hydroxylation is 1. The van der Waals surface area contributed by atoms with E-state index in [1.54, 1.807) is 13.0 Å². The van der Waals surface area contributed by atoms with Crippen LogP contribution in [-0.2, 0) is 6.54 Å². The normalized spacial score (nSPS) is 10.4. The van der Waals surface area contributed by atoms with E-state index in [-0.39, 0.29) is 17.7 Å². The molecule has 2 rings (SSSR count). The summed E-state index contributed by atoms with van der Waals surface area (Å²) < 4.78 is 6.23. The van der Waals surface area contributed by atoms with Crippen LogP contribution in [0.4, 0.5) is 0 Å². The average molecular weight is 234 g/mol. The Morgan fingerprint density at radius 2 is 2.29 bits per heavy atom. The molecule has 0 spiro atoms. The molecule has 0 saturated carbocycles. The molecule has 0 saturated heterocycles. The van der Waals surface area contributed by atoms with Crippen molar-refractivity contribution in [1.29, 1.82) is 0 Å². The van der Waals surface area contributed by atoms with Crippen molar-refractivity contribution in [2.24, 2.45) is 0 Å². The molecule has 0 atom stereocenters. The topological polar surface area (TPSA) is 85.3 Å². The summed E-state index contributed by atoms with van der Waals surface area (Å²) in [6, 6.07) is 4.18. The number of pyridine rings is 1. The van der Waals surface area contributed by atoms with E-state index in [2.05, 4.69) is 5.16 Å². The molecule has 6 nitrogen and oxygen atoms in total. The Morgan fingerprint density at radius 1 is 1.53 bits per heavy atom. The van der Waals surface area contributed by atoms with Crippen LogP contribution in [0.3, 0.4) is 0 Å². The van der Waals surface area contributed by atoms with E-state index in [0.717, 1.165) is 0 Å². The van der Waals surface area contributed by atoms with Gasteiger partial charge in [0.05, 0.1) is 17.8 Å². The van der Waals surface area contributed by atoms with Crippen LogP contribution >= 0.6 is 0 Å². The first-order valence-electron chi connectivity index (χ1n) is 4.92. The second kappa shape index (κ2) is 4.25. The molecule has 88 valence electrons. The van der Waals surface area contributed by atoms with Crippen LogP contribution in [0, 0.1) is 6.92 Å². The SMILES string of the molecule is Cc1cc(Cn2cc(C(=O)O)ccc2=O)on1. The molecule has 0 radical (unpaired) electrons. The highest BCUT2D eigenvalue weighted by molar-refractivity contribution is 5.87. The van der Waals surface area contributed by atoms with E-state index in [4.69, 9.17) is 9.63 Å². The second-order valence-electron chi connectivity index (χ2n) is 3.62. The minimum Gasteiger partial charge on any atom is -0.478 e. The Hall–Kier alpha value is -2.37. The lowest BCUT2D eigenvalue weighted by Crippen LogP contribution is -2.20. The number of carboxylic acid groups (broad SMARTS) is 1. The Balaban J connectivity index is 2.35. The second-order valence-corrected chi connectivity index (χ2v) is 3.62. The Morgan fingerprint density at radius 3 is 2.88 bits per heavy atom. The zero-order chi connectivity index (χ0) is 12.4. The molecule has 1 N–H and O–H groups in total. The third-order valence-corrected chi connectivity index (χ3v) is 2.23. The van der Waals surface area contributed by atoms with Crippen molar-refractivity contribution in [1.82, 2.24) is 9.72 Å². The van der Waals surface area contributed by atoms with Crippen LogP contribution in [-0.4, -0.2) is 20.8 Å². The van der Waals surface area contributed by atoms with Gasteiger partial charge in [0, 0.05) is 18.3 Å². The highest BCUT2D eigenvalue weighted by Gasteiger charge is 2.07. The summed E-state index contributed by atoms with van der Waals surface area (Å²) in [4.78, 5) is 22.3. The first kappa shape index (κ1) is 11.1. The van der Waals surface area contributed by atoms with Gasteiger partial charge in [-0.05, 0) is 13.0 Å². The van der Waals surface area contributed by atoms with Gasteiger partial charge in [-0.25, -0.2) is 4.79 Å². The largest absolute Gasteiger partial charge is 0.478 e. The van der Waals surface area contributed by atoms with Gasteiger partial charge in [-0.3, -0.25) is 4.79 Å². The average Bonchev–Trinajstić information content (AvgIpc) is 2.67. The van der Waals surface area contributed by atoms with Gasteiger partial charge in [0.15, 0.2) is 5.76 Å². The van der Waals surface area contributed by atoms with Gasteiger partial charge < -0.3 is 14.2 Å². The molecule has 6 heteroatoms. The number of rotatable bonds is 3. The highest BCUT2D eigenvalue weighted by Crippen LogP contribution is 2.04. The smallest absolute Gasteiger partial charge is 0.337 e. The predicted octanol–water partition coefficient (Wildman–Crippen LogP) is 0.891. The van der Waals surface area contributed by atoms with Crippen molar-refractivity contribution in [2.45, 2.75) is 13.5 Å². The summed E-state index contributed by atoms with van der Waals surface area (Å²) >= 11 is 0. The van der Waals surface area contributed by atoms with Gasteiger partial charge in [-0.1, -0.05) is 5.16 Å². The minimum atomic E-state index is -1.08. The third kappa shape index (κ3) is 2.41. The van der Waals surface area contributed by atoms with Crippen molar-refractivity contribution < 1.29 is 14.4 Å². The Kier molecular flexibility index (Phi) is 2.78. The van der Waals surface area contributed by atoms with Crippen molar-refractivity contribution in [3.63, 3.8) is 0 Å². The molecule has 0 bridgehead atoms. The zero-order valence-electron chi connectivity index (χ0n) is 9.08. The molecule has 0 aliphatic rings. The van der Waals surface area contributed by atoms with E-state index < -0.39 is 5.97 Å². The first-order valence-corrected chi connectivity index (χ1v) is 4.92. The summed E-state index contributed by atoms with van der Waals surface area (Å²) in [7, 11) is 0. The maximum Gasteiger partial charge on any atom is 0.337 e. The summed E-state index contributed by atoms with van der Waals surface area (Å²) in [5, 5.41) is 12.5. The van der Waals surface area contributed by atoms with E-state index in [1.807, 2.05) is 0 Å². The van der Waals surface area contributed by atoms with Crippen molar-refractivity contribution in [3.05, 3.63) is 51.8 Å². The first-order chi connectivity index (χ1) is 8.06. The van der Waals surface area contributed by atoms with E-state index >= 15 is 0 Å². The molecule has 0 amide bonds. The lowest BCUT2D eigenvalue weighted by Gasteiger charge is -2.03. The monoisotopic (exact) mass is 234 g/mol. The van der Waals surface area contributed by atoms with Crippen LogP contribution < -0.4 is 5.56 Å². The maximum atomic E-state index is 11.5. The zero-order valence-corrected chi connectivity index (χ0v) is 9.08. The van der Waals surface area contributed by atoms with Crippen LogP contribution in [0.25, 0.3) is 0 Å². The molecular formula is C11H10N2O4. The van der Waals surface area contributed by atoms with Crippen molar-refractivity contribution >= 4 is 5.97 Å². The van der Waals surface area contributed by atoms with Crippen molar-refractivity contribution in [3.8, 4) is 0 Å². The van der Waals surface area contributed by atoms with Crippen LogP contribution in [0.5, 0.6) is 0 Å². The molecular weight excluding hydrogens is 224 g/mol. The number of nitrogens with zero attached hydrogens (tertiary/aromatic N) is 2. The van der Waals surface area contributed by atoms with Crippen molar-refractivity contribution in [2.75, 3.05) is 0 Å².